The van der Waals surface area contributed by atoms with Crippen LogP contribution in [0, 0.1) is 0 Å². The van der Waals surface area contributed by atoms with Crippen LogP contribution in [0.15, 0.2) is 90.2 Å². The van der Waals surface area contributed by atoms with Crippen LogP contribution >= 0.6 is 0 Å². The van der Waals surface area contributed by atoms with Gasteiger partial charge in [-0.1, -0.05) is 38.5 Å². The number of ether oxygens (including phenoxy) is 3. The second-order valence-corrected chi connectivity index (χ2v) is 12.9. The van der Waals surface area contributed by atoms with Crippen LogP contribution in [0.3, 0.4) is 0 Å². The molecule has 0 saturated carbocycles. The number of amides is 1. The lowest BCUT2D eigenvalue weighted by Crippen LogP contribution is -2.22. The van der Waals surface area contributed by atoms with Crippen LogP contribution in [0.25, 0.3) is 17.2 Å². The number of nitrogens with zero attached hydrogens (tertiary/aromatic N) is 3. The van der Waals surface area contributed by atoms with Crippen LogP contribution in [0.4, 0.5) is 11.4 Å². The van der Waals surface area contributed by atoms with E-state index in [-0.39, 0.29) is 5.91 Å². The first-order valence-electron chi connectivity index (χ1n) is 16.5. The van der Waals surface area contributed by atoms with Crippen molar-refractivity contribution in [1.29, 1.82) is 0 Å². The first-order valence-corrected chi connectivity index (χ1v) is 17.8. The van der Waals surface area contributed by atoms with E-state index in [0.29, 0.717) is 42.7 Å². The van der Waals surface area contributed by atoms with Gasteiger partial charge in [0.25, 0.3) is 0 Å². The van der Waals surface area contributed by atoms with Gasteiger partial charge in [0.2, 0.25) is 5.91 Å². The molecular weight excluding hydrogens is 625 g/mol. The van der Waals surface area contributed by atoms with Crippen molar-refractivity contribution in [3.8, 4) is 16.9 Å². The maximum absolute atomic E-state index is 13.0. The Kier molecular flexibility index (Phi) is 14.9. The van der Waals surface area contributed by atoms with Crippen LogP contribution in [-0.4, -0.2) is 66.8 Å². The fraction of sp³-hybridized carbons (Fsp3) is 0.368. The summed E-state index contributed by atoms with van der Waals surface area (Å²) in [4.78, 5) is 20.0. The lowest BCUT2D eigenvalue weighted by Gasteiger charge is -2.22. The van der Waals surface area contributed by atoms with Gasteiger partial charge in [0.1, 0.15) is 12.4 Å². The molecule has 48 heavy (non-hydrogen) atoms. The number of nitrogens with one attached hydrogen (secondary N) is 1. The predicted molar refractivity (Wildman–Crippen MR) is 195 cm³/mol. The zero-order valence-electron chi connectivity index (χ0n) is 28.5. The van der Waals surface area contributed by atoms with Crippen molar-refractivity contribution in [2.45, 2.75) is 50.3 Å². The molecule has 1 heterocycles. The van der Waals surface area contributed by atoms with Crippen molar-refractivity contribution in [3.05, 3.63) is 96.6 Å². The van der Waals surface area contributed by atoms with Gasteiger partial charge in [0.05, 0.1) is 41.8 Å². The normalized spacial score (nSPS) is 11.9. The highest BCUT2D eigenvalue weighted by atomic mass is 32.2. The van der Waals surface area contributed by atoms with Gasteiger partial charge in [-0.3, -0.25) is 9.00 Å². The monoisotopic (exact) mass is 672 g/mol. The van der Waals surface area contributed by atoms with E-state index in [1.165, 1.54) is 6.08 Å². The topological polar surface area (TPSA) is 94.9 Å². The number of unbranched alkanes of at least 4 members (excludes halogenated alkanes) is 1. The average Bonchev–Trinajstić information content (AvgIpc) is 3.54. The number of hydrogen-bond acceptors (Lipinski definition) is 7. The standard InChI is InChI=1S/C38H48N4O5S/c1-5-7-22-46-24-25-47-35-14-8-30(9-15-35)31-10-18-37(41(3)21-23-45-4)32(26-31)11-19-38(43)40-33-12-16-36(17-13-33)48(44)28-34-27-39-29-42(34)20-6-2/h8-19,26-27,29H,5-7,20-25,28H2,1-4H3,(H,40,43)/b19-11+. The molecule has 0 aliphatic rings. The molecule has 0 radical (unpaired) electrons. The first-order chi connectivity index (χ1) is 23.4. The maximum Gasteiger partial charge on any atom is 0.248 e. The van der Waals surface area contributed by atoms with E-state index in [1.54, 1.807) is 43.9 Å². The Bertz CT molecular complexity index is 1620. The summed E-state index contributed by atoms with van der Waals surface area (Å²) in [6.07, 6.45) is 10.1. The number of likely N-dealkylation sites (N-methyl/N-ethyl adjacent to an activating group) is 1. The third kappa shape index (κ3) is 11.2. The minimum atomic E-state index is -1.22. The van der Waals surface area contributed by atoms with Crippen LogP contribution in [0.1, 0.15) is 44.4 Å². The van der Waals surface area contributed by atoms with Gasteiger partial charge in [-0.15, -0.1) is 0 Å². The third-order valence-corrected chi connectivity index (χ3v) is 9.09. The largest absolute Gasteiger partial charge is 0.491 e. The molecule has 3 aromatic carbocycles. The second-order valence-electron chi connectivity index (χ2n) is 11.4. The molecule has 1 amide bonds. The van der Waals surface area contributed by atoms with Gasteiger partial charge in [0, 0.05) is 62.4 Å². The van der Waals surface area contributed by atoms with Crippen molar-refractivity contribution in [3.63, 3.8) is 0 Å². The van der Waals surface area contributed by atoms with Crippen LogP contribution < -0.4 is 15.0 Å². The summed E-state index contributed by atoms with van der Waals surface area (Å²) in [7, 11) is 2.47. The summed E-state index contributed by atoms with van der Waals surface area (Å²) in [6, 6.07) is 21.4. The highest BCUT2D eigenvalue weighted by molar-refractivity contribution is 7.84. The Morgan fingerprint density at radius 2 is 1.73 bits per heavy atom. The molecule has 9 nitrogen and oxygen atoms in total. The van der Waals surface area contributed by atoms with Gasteiger partial charge in [0.15, 0.2) is 0 Å². The summed E-state index contributed by atoms with van der Waals surface area (Å²) in [5.74, 6) is 0.925. The molecule has 0 fully saturated rings. The quantitative estimate of drug-likeness (QED) is 0.0784. The number of aryl methyl sites for hydroxylation is 1. The van der Waals surface area contributed by atoms with Crippen molar-refractivity contribution in [2.24, 2.45) is 0 Å². The lowest BCUT2D eigenvalue weighted by molar-refractivity contribution is -0.111. The SMILES string of the molecule is CCCCOCCOc1ccc(-c2ccc(N(C)CCOC)c(/C=C/C(=O)Nc3ccc(S(=O)Cc4cncn4CCC)cc3)c2)cc1. The van der Waals surface area contributed by atoms with E-state index in [1.807, 2.05) is 42.0 Å². The first kappa shape index (κ1) is 36.6. The van der Waals surface area contributed by atoms with Gasteiger partial charge in [-0.25, -0.2) is 4.98 Å². The number of imidazole rings is 1. The number of carbonyl (C=O) groups is 1. The van der Waals surface area contributed by atoms with Crippen molar-refractivity contribution >= 4 is 34.2 Å². The van der Waals surface area contributed by atoms with Gasteiger partial charge in [-0.2, -0.15) is 0 Å². The summed E-state index contributed by atoms with van der Waals surface area (Å²) in [6.45, 7) is 8.22. The zero-order valence-corrected chi connectivity index (χ0v) is 29.3. The molecule has 1 aromatic heterocycles. The minimum absolute atomic E-state index is 0.261. The number of methoxy groups -OCH3 is 1. The van der Waals surface area contributed by atoms with Crippen molar-refractivity contribution in [2.75, 3.05) is 57.3 Å². The van der Waals surface area contributed by atoms with E-state index in [4.69, 9.17) is 14.2 Å². The van der Waals surface area contributed by atoms with E-state index in [9.17, 15) is 9.00 Å². The van der Waals surface area contributed by atoms with Crippen LogP contribution in [0.2, 0.25) is 0 Å². The molecule has 1 atom stereocenters. The van der Waals surface area contributed by atoms with E-state index >= 15 is 0 Å². The van der Waals surface area contributed by atoms with Gasteiger partial charge in [-0.05, 0) is 84.1 Å². The third-order valence-electron chi connectivity index (χ3n) is 7.74. The summed E-state index contributed by atoms with van der Waals surface area (Å²) >= 11 is 0. The molecule has 0 aliphatic heterocycles. The predicted octanol–water partition coefficient (Wildman–Crippen LogP) is 7.20. The number of hydrogen-bond donors (Lipinski definition) is 1. The van der Waals surface area contributed by atoms with E-state index in [0.717, 1.165) is 66.2 Å². The molecule has 4 aromatic rings. The molecule has 256 valence electrons. The molecule has 0 spiro atoms. The minimum Gasteiger partial charge on any atom is -0.491 e. The lowest BCUT2D eigenvalue weighted by atomic mass is 10.0. The fourth-order valence-corrected chi connectivity index (χ4v) is 6.16. The van der Waals surface area contributed by atoms with E-state index < -0.39 is 10.8 Å². The number of carbonyl (C=O) groups excluding carboxylic acids is 1. The molecule has 1 unspecified atom stereocenters. The van der Waals surface area contributed by atoms with Crippen LogP contribution in [-0.2, 0) is 37.4 Å². The highest BCUT2D eigenvalue weighted by Gasteiger charge is 2.11. The van der Waals surface area contributed by atoms with E-state index in [2.05, 4.69) is 47.2 Å². The molecule has 0 saturated heterocycles. The van der Waals surface area contributed by atoms with Gasteiger partial charge < -0.3 is 29.0 Å². The average molecular weight is 673 g/mol. The summed E-state index contributed by atoms with van der Waals surface area (Å²) < 4.78 is 31.7. The molecule has 1 N–H and O–H groups in total. The molecular formula is C38H48N4O5S. The Balaban J connectivity index is 1.41. The molecule has 0 aliphatic carbocycles. The van der Waals surface area contributed by atoms with Crippen molar-refractivity contribution in [1.82, 2.24) is 9.55 Å². The molecule has 0 bridgehead atoms. The smallest absolute Gasteiger partial charge is 0.248 e. The Morgan fingerprint density at radius 1 is 0.958 bits per heavy atom. The summed E-state index contributed by atoms with van der Waals surface area (Å²) in [5, 5.41) is 2.92. The van der Waals surface area contributed by atoms with Crippen LogP contribution in [0.5, 0.6) is 5.75 Å². The maximum atomic E-state index is 13.0. The Morgan fingerprint density at radius 3 is 2.46 bits per heavy atom. The van der Waals surface area contributed by atoms with Gasteiger partial charge >= 0.3 is 0 Å². The molecule has 10 heteroatoms. The Labute approximate surface area is 287 Å². The fourth-order valence-electron chi connectivity index (χ4n) is 5.04. The molecule has 4 rings (SSSR count). The highest BCUT2D eigenvalue weighted by Crippen LogP contribution is 2.29. The number of benzene rings is 3. The zero-order chi connectivity index (χ0) is 34.1. The Hall–Kier alpha value is -4.25. The summed E-state index contributed by atoms with van der Waals surface area (Å²) in [5.41, 5.74) is 5.52. The number of rotatable bonds is 20. The van der Waals surface area contributed by atoms with Crippen molar-refractivity contribution < 1.29 is 23.2 Å². The second kappa shape index (κ2) is 19.5. The number of anilines is 2. The number of aromatic nitrogens is 2.